The minimum Gasteiger partial charge on any atom is -0.312 e. The van der Waals surface area contributed by atoms with Crippen molar-refractivity contribution in [3.63, 3.8) is 0 Å². The number of nitrogens with zero attached hydrogens (tertiary/aromatic N) is 3. The number of benzene rings is 2. The molecule has 5 nitrogen and oxygen atoms in total. The van der Waals surface area contributed by atoms with E-state index in [1.54, 1.807) is 6.07 Å². The number of carbonyl (C=O) groups is 1. The number of amides is 1. The second-order valence-electron chi connectivity index (χ2n) is 9.38. The van der Waals surface area contributed by atoms with Gasteiger partial charge in [-0.05, 0) is 54.3 Å². The highest BCUT2D eigenvalue weighted by Crippen LogP contribution is 2.41. The predicted molar refractivity (Wildman–Crippen MR) is 136 cm³/mol. The fourth-order valence-corrected chi connectivity index (χ4v) is 5.93. The lowest BCUT2D eigenvalue weighted by molar-refractivity contribution is -0.113. The van der Waals surface area contributed by atoms with E-state index in [-0.39, 0.29) is 11.5 Å². The third kappa shape index (κ3) is 3.78. The maximum Gasteiger partial charge on any atom is 0.260 e. The molecule has 6 rings (SSSR count). The Bertz CT molecular complexity index is 1380. The summed E-state index contributed by atoms with van der Waals surface area (Å²) in [6, 6.07) is 18.6. The van der Waals surface area contributed by atoms with Gasteiger partial charge >= 0.3 is 0 Å². The van der Waals surface area contributed by atoms with Crippen molar-refractivity contribution in [2.24, 2.45) is 5.92 Å². The van der Waals surface area contributed by atoms with Crippen LogP contribution in [0.2, 0.25) is 10.0 Å². The summed E-state index contributed by atoms with van der Waals surface area (Å²) in [7, 11) is 0. The molecule has 1 fully saturated rings. The smallest absolute Gasteiger partial charge is 0.260 e. The van der Waals surface area contributed by atoms with Crippen molar-refractivity contribution < 1.29 is 4.79 Å². The van der Waals surface area contributed by atoms with Gasteiger partial charge in [-0.3, -0.25) is 19.4 Å². The molecule has 3 aliphatic rings. The first-order valence-electron chi connectivity index (χ1n) is 11.5. The maximum atomic E-state index is 13.6. The zero-order chi connectivity index (χ0) is 23.4. The number of hydrogen-bond acceptors (Lipinski definition) is 3. The Morgan fingerprint density at radius 3 is 2.53 bits per heavy atom. The lowest BCUT2D eigenvalue weighted by Gasteiger charge is -2.43. The van der Waals surface area contributed by atoms with E-state index in [1.807, 2.05) is 64.1 Å². The van der Waals surface area contributed by atoms with Gasteiger partial charge in [0, 0.05) is 58.5 Å². The van der Waals surface area contributed by atoms with Crippen LogP contribution in [0.25, 0.3) is 11.6 Å². The van der Waals surface area contributed by atoms with Gasteiger partial charge in [0.05, 0.1) is 12.4 Å². The van der Waals surface area contributed by atoms with E-state index in [4.69, 9.17) is 23.2 Å². The normalized spacial score (nSPS) is 22.7. The van der Waals surface area contributed by atoms with Crippen LogP contribution < -0.4 is 10.5 Å². The van der Waals surface area contributed by atoms with Crippen molar-refractivity contribution in [2.45, 2.75) is 18.9 Å². The Morgan fingerprint density at radius 1 is 0.912 bits per heavy atom. The van der Waals surface area contributed by atoms with Crippen LogP contribution in [0.5, 0.6) is 0 Å². The minimum absolute atomic E-state index is 0.0282. The van der Waals surface area contributed by atoms with Crippen molar-refractivity contribution in [1.29, 1.82) is 0 Å². The van der Waals surface area contributed by atoms with E-state index in [9.17, 15) is 9.59 Å². The Hall–Kier alpha value is -2.86. The average Bonchev–Trinajstić information content (AvgIpc) is 3.06. The lowest BCUT2D eigenvalue weighted by atomic mass is 9.83. The molecule has 0 spiro atoms. The number of halogens is 2. The van der Waals surface area contributed by atoms with E-state index in [0.29, 0.717) is 34.1 Å². The molecular weight excluding hydrogens is 469 g/mol. The first kappa shape index (κ1) is 21.7. The van der Waals surface area contributed by atoms with Crippen LogP contribution in [0.4, 0.5) is 5.69 Å². The third-order valence-corrected chi connectivity index (χ3v) is 7.58. The van der Waals surface area contributed by atoms with E-state index in [2.05, 4.69) is 11.0 Å². The van der Waals surface area contributed by atoms with Gasteiger partial charge in [0.2, 0.25) is 0 Å². The van der Waals surface area contributed by atoms with Gasteiger partial charge in [0.1, 0.15) is 0 Å². The lowest BCUT2D eigenvalue weighted by Crippen LogP contribution is -2.50. The monoisotopic (exact) mass is 491 g/mol. The molecule has 172 valence electrons. The summed E-state index contributed by atoms with van der Waals surface area (Å²) in [5.41, 5.74) is 4.49. The number of aromatic nitrogens is 1. The third-order valence-electron chi connectivity index (χ3n) is 7.09. The highest BCUT2D eigenvalue weighted by Gasteiger charge is 2.38. The molecule has 0 radical (unpaired) electrons. The maximum absolute atomic E-state index is 13.6. The topological polar surface area (TPSA) is 45.6 Å². The summed E-state index contributed by atoms with van der Waals surface area (Å²) >= 11 is 12.4. The molecule has 2 aromatic carbocycles. The Balaban J connectivity index is 1.31. The number of pyridine rings is 1. The molecule has 3 aromatic rings. The molecule has 2 bridgehead atoms. The summed E-state index contributed by atoms with van der Waals surface area (Å²) in [6.45, 7) is 2.90. The van der Waals surface area contributed by atoms with Crippen molar-refractivity contribution in [2.75, 3.05) is 24.7 Å². The Kier molecular flexibility index (Phi) is 5.36. The second kappa shape index (κ2) is 8.42. The van der Waals surface area contributed by atoms with Crippen molar-refractivity contribution in [1.82, 2.24) is 9.47 Å². The summed E-state index contributed by atoms with van der Waals surface area (Å²) in [5, 5.41) is 1.27. The number of anilines is 1. The summed E-state index contributed by atoms with van der Waals surface area (Å²) < 4.78 is 1.93. The molecule has 1 saturated heterocycles. The molecule has 1 amide bonds. The number of carbonyl (C=O) groups excluding carboxylic acids is 1. The van der Waals surface area contributed by atoms with Crippen LogP contribution >= 0.6 is 23.2 Å². The summed E-state index contributed by atoms with van der Waals surface area (Å²) in [5.74, 6) is 0.661. The molecule has 4 heterocycles. The fraction of sp³-hybridized carbons (Fsp3) is 0.259. The summed E-state index contributed by atoms with van der Waals surface area (Å²) in [4.78, 5) is 30.1. The molecule has 0 unspecified atom stereocenters. The average molecular weight is 492 g/mol. The molecule has 0 aliphatic carbocycles. The van der Waals surface area contributed by atoms with E-state index in [0.717, 1.165) is 48.6 Å². The molecule has 7 heteroatoms. The molecule has 34 heavy (non-hydrogen) atoms. The molecule has 0 N–H and O–H groups in total. The van der Waals surface area contributed by atoms with Crippen molar-refractivity contribution >= 4 is 46.4 Å². The van der Waals surface area contributed by atoms with Crippen LogP contribution in [0.15, 0.2) is 65.5 Å². The summed E-state index contributed by atoms with van der Waals surface area (Å²) in [6.07, 6.45) is 3.00. The molecular formula is C27H23Cl2N3O2. The molecule has 0 saturated carbocycles. The highest BCUT2D eigenvalue weighted by atomic mass is 35.5. The minimum atomic E-state index is -0.0282. The molecule has 1 aromatic heterocycles. The van der Waals surface area contributed by atoms with Crippen LogP contribution in [-0.4, -0.2) is 35.1 Å². The molecule has 3 aliphatic heterocycles. The number of fused-ring (bicyclic) bond motifs is 5. The zero-order valence-corrected chi connectivity index (χ0v) is 20.0. The van der Waals surface area contributed by atoms with Crippen molar-refractivity contribution in [3.05, 3.63) is 97.9 Å². The van der Waals surface area contributed by atoms with Crippen LogP contribution in [0.1, 0.15) is 29.2 Å². The van der Waals surface area contributed by atoms with Gasteiger partial charge in [-0.2, -0.15) is 0 Å². The fourth-order valence-electron chi connectivity index (χ4n) is 5.64. The zero-order valence-electron chi connectivity index (χ0n) is 18.5. The van der Waals surface area contributed by atoms with Crippen molar-refractivity contribution in [3.8, 4) is 0 Å². The van der Waals surface area contributed by atoms with E-state index >= 15 is 0 Å². The molecule has 2 atom stereocenters. The number of piperidine rings is 1. The van der Waals surface area contributed by atoms with Gasteiger partial charge in [-0.15, -0.1) is 0 Å². The second-order valence-corrected chi connectivity index (χ2v) is 10.3. The number of hydrogen-bond donors (Lipinski definition) is 0. The van der Waals surface area contributed by atoms with Gasteiger partial charge < -0.3 is 4.57 Å². The first-order chi connectivity index (χ1) is 16.5. The SMILES string of the molecule is O=C1/C(=C\c2ccc(Cl)cc2)c2ccc(Cl)cc2N1CN1C[C@@H]2C[C@@H](C1)c1cccc(=O)n1C2. The Labute approximate surface area is 207 Å². The van der Waals surface area contributed by atoms with Crippen LogP contribution in [0, 0.1) is 5.92 Å². The van der Waals surface area contributed by atoms with Crippen LogP contribution in [-0.2, 0) is 11.3 Å². The predicted octanol–water partition coefficient (Wildman–Crippen LogP) is 5.12. The number of rotatable bonds is 3. The Morgan fingerprint density at radius 2 is 1.71 bits per heavy atom. The number of likely N-dealkylation sites (tertiary alicyclic amines) is 1. The largest absolute Gasteiger partial charge is 0.312 e. The van der Waals surface area contributed by atoms with E-state index in [1.165, 1.54) is 0 Å². The van der Waals surface area contributed by atoms with Crippen LogP contribution in [0.3, 0.4) is 0 Å². The highest BCUT2D eigenvalue weighted by molar-refractivity contribution is 6.37. The quantitative estimate of drug-likeness (QED) is 0.477. The van der Waals surface area contributed by atoms with Gasteiger partial charge in [-0.25, -0.2) is 0 Å². The van der Waals surface area contributed by atoms with Gasteiger partial charge in [-0.1, -0.05) is 47.5 Å². The standard InChI is InChI=1S/C27H23Cl2N3O2/c28-20-6-4-17(5-7-20)11-23-22-9-8-21(29)12-25(22)32(27(23)34)16-30-13-18-10-19(15-30)24-2-1-3-26(33)31(24)14-18/h1-9,11-12,18-19H,10,13-16H2/b23-11-/t18-,19-/m0/s1. The first-order valence-corrected chi connectivity index (χ1v) is 12.2. The van der Waals surface area contributed by atoms with Gasteiger partial charge in [0.25, 0.3) is 11.5 Å². The van der Waals surface area contributed by atoms with Gasteiger partial charge in [0.15, 0.2) is 0 Å². The van der Waals surface area contributed by atoms with E-state index < -0.39 is 0 Å².